The highest BCUT2D eigenvalue weighted by molar-refractivity contribution is 5.76. The molecule has 0 saturated carbocycles. The molecule has 1 saturated heterocycles. The van der Waals surface area contributed by atoms with Gasteiger partial charge in [0.2, 0.25) is 0 Å². The van der Waals surface area contributed by atoms with Crippen molar-refractivity contribution in [3.63, 3.8) is 0 Å². The van der Waals surface area contributed by atoms with Gasteiger partial charge in [0.05, 0.1) is 13.2 Å². The Kier molecular flexibility index (Phi) is 4.27. The molecule has 0 bridgehead atoms. The van der Waals surface area contributed by atoms with Crippen LogP contribution in [0.15, 0.2) is 6.33 Å². The van der Waals surface area contributed by atoms with Gasteiger partial charge in [-0.25, -0.2) is 4.98 Å². The van der Waals surface area contributed by atoms with Crippen LogP contribution in [0.5, 0.6) is 0 Å². The van der Waals surface area contributed by atoms with E-state index < -0.39 is 0 Å². The fourth-order valence-electron chi connectivity index (χ4n) is 2.05. The molecule has 7 nitrogen and oxygen atoms in total. The lowest BCUT2D eigenvalue weighted by atomic mass is 10.2. The molecular formula is C11H19N5O2. The Morgan fingerprint density at radius 3 is 3.17 bits per heavy atom. The van der Waals surface area contributed by atoms with Crippen LogP contribution in [0.1, 0.15) is 12.7 Å². The van der Waals surface area contributed by atoms with Crippen molar-refractivity contribution >= 4 is 5.97 Å². The predicted octanol–water partition coefficient (Wildman–Crippen LogP) is -0.848. The van der Waals surface area contributed by atoms with Gasteiger partial charge in [-0.05, 0) is 6.92 Å². The molecule has 0 radical (unpaired) electrons. The van der Waals surface area contributed by atoms with Gasteiger partial charge in [0.1, 0.15) is 18.2 Å². The predicted molar refractivity (Wildman–Crippen MR) is 64.7 cm³/mol. The van der Waals surface area contributed by atoms with Crippen LogP contribution in [-0.4, -0.2) is 57.9 Å². The van der Waals surface area contributed by atoms with Gasteiger partial charge in [-0.2, -0.15) is 5.10 Å². The van der Waals surface area contributed by atoms with Gasteiger partial charge >= 0.3 is 5.97 Å². The number of piperazine rings is 1. The smallest absolute Gasteiger partial charge is 0.324 e. The van der Waals surface area contributed by atoms with E-state index in [0.717, 1.165) is 18.9 Å². The normalized spacial score (nSPS) is 20.9. The van der Waals surface area contributed by atoms with E-state index in [1.165, 1.54) is 6.33 Å². The molecule has 1 atom stereocenters. The molecule has 1 aliphatic rings. The monoisotopic (exact) mass is 253 g/mol. The second-order valence-corrected chi connectivity index (χ2v) is 4.24. The molecule has 0 aromatic carbocycles. The Morgan fingerprint density at radius 1 is 1.67 bits per heavy atom. The van der Waals surface area contributed by atoms with E-state index in [4.69, 9.17) is 4.74 Å². The Bertz CT molecular complexity index is 406. The van der Waals surface area contributed by atoms with Gasteiger partial charge in [0, 0.05) is 26.7 Å². The molecule has 100 valence electrons. The standard InChI is InChI=1S/C11H19N5O2/c1-3-18-11(17)9-6-12-4-5-16(9)7-10-13-8-14-15(10)2/h8-9,12H,3-7H2,1-2H3. The number of hydrogen-bond acceptors (Lipinski definition) is 6. The van der Waals surface area contributed by atoms with E-state index >= 15 is 0 Å². The molecule has 1 N–H and O–H groups in total. The number of rotatable bonds is 4. The summed E-state index contributed by atoms with van der Waals surface area (Å²) < 4.78 is 6.82. The van der Waals surface area contributed by atoms with Gasteiger partial charge in [0.25, 0.3) is 0 Å². The van der Waals surface area contributed by atoms with Crippen LogP contribution in [-0.2, 0) is 23.1 Å². The van der Waals surface area contributed by atoms with E-state index in [0.29, 0.717) is 19.7 Å². The van der Waals surface area contributed by atoms with Crippen molar-refractivity contribution in [3.05, 3.63) is 12.2 Å². The summed E-state index contributed by atoms with van der Waals surface area (Å²) in [5.41, 5.74) is 0. The lowest BCUT2D eigenvalue weighted by molar-refractivity contribution is -0.150. The van der Waals surface area contributed by atoms with Crippen LogP contribution >= 0.6 is 0 Å². The summed E-state index contributed by atoms with van der Waals surface area (Å²) in [5, 5.41) is 7.25. The third-order valence-corrected chi connectivity index (χ3v) is 3.06. The highest BCUT2D eigenvalue weighted by Gasteiger charge is 2.30. The number of ether oxygens (including phenoxy) is 1. The lowest BCUT2D eigenvalue weighted by Gasteiger charge is -2.33. The van der Waals surface area contributed by atoms with Crippen LogP contribution < -0.4 is 5.32 Å². The summed E-state index contributed by atoms with van der Waals surface area (Å²) >= 11 is 0. The summed E-state index contributed by atoms with van der Waals surface area (Å²) in [6.07, 6.45) is 1.52. The highest BCUT2D eigenvalue weighted by atomic mass is 16.5. The average molecular weight is 253 g/mol. The van der Waals surface area contributed by atoms with Crippen LogP contribution in [0, 0.1) is 0 Å². The Morgan fingerprint density at radius 2 is 2.50 bits per heavy atom. The first-order valence-corrected chi connectivity index (χ1v) is 6.16. The Labute approximate surface area is 106 Å². The maximum absolute atomic E-state index is 11.9. The first-order valence-electron chi connectivity index (χ1n) is 6.16. The molecule has 1 aromatic rings. The van der Waals surface area contributed by atoms with Gasteiger partial charge in [-0.1, -0.05) is 0 Å². The summed E-state index contributed by atoms with van der Waals surface area (Å²) in [6, 6.07) is -0.240. The van der Waals surface area contributed by atoms with Gasteiger partial charge in [-0.3, -0.25) is 14.4 Å². The van der Waals surface area contributed by atoms with Crippen LogP contribution in [0.4, 0.5) is 0 Å². The Balaban J connectivity index is 2.04. The Hall–Kier alpha value is -1.47. The minimum absolute atomic E-state index is 0.174. The van der Waals surface area contributed by atoms with Crippen molar-refractivity contribution < 1.29 is 9.53 Å². The topological polar surface area (TPSA) is 72.3 Å². The molecule has 0 spiro atoms. The number of carbonyl (C=O) groups is 1. The first kappa shape index (κ1) is 13.0. The molecule has 0 aliphatic carbocycles. The number of esters is 1. The summed E-state index contributed by atoms with van der Waals surface area (Å²) in [5.74, 6) is 0.679. The highest BCUT2D eigenvalue weighted by Crippen LogP contribution is 2.09. The van der Waals surface area contributed by atoms with Crippen LogP contribution in [0.2, 0.25) is 0 Å². The fraction of sp³-hybridized carbons (Fsp3) is 0.727. The van der Waals surface area contributed by atoms with Crippen molar-refractivity contribution in [2.24, 2.45) is 7.05 Å². The van der Waals surface area contributed by atoms with E-state index in [9.17, 15) is 4.79 Å². The van der Waals surface area contributed by atoms with Crippen molar-refractivity contribution in [2.75, 3.05) is 26.2 Å². The quantitative estimate of drug-likeness (QED) is 0.705. The van der Waals surface area contributed by atoms with E-state index in [2.05, 4.69) is 20.3 Å². The van der Waals surface area contributed by atoms with Crippen molar-refractivity contribution in [1.82, 2.24) is 25.0 Å². The molecule has 1 aromatic heterocycles. The molecule has 0 amide bonds. The number of hydrogen-bond donors (Lipinski definition) is 1. The SMILES string of the molecule is CCOC(=O)C1CNCCN1Cc1ncnn1C. The summed E-state index contributed by atoms with van der Waals surface area (Å²) in [4.78, 5) is 18.1. The van der Waals surface area contributed by atoms with Crippen LogP contribution in [0.3, 0.4) is 0 Å². The minimum Gasteiger partial charge on any atom is -0.465 e. The number of nitrogens with zero attached hydrogens (tertiary/aromatic N) is 4. The van der Waals surface area contributed by atoms with Gasteiger partial charge in [-0.15, -0.1) is 0 Å². The molecule has 2 heterocycles. The number of carbonyl (C=O) groups excluding carboxylic acids is 1. The zero-order valence-corrected chi connectivity index (χ0v) is 10.8. The molecule has 7 heteroatoms. The average Bonchev–Trinajstić information content (AvgIpc) is 2.76. The van der Waals surface area contributed by atoms with E-state index in [-0.39, 0.29) is 12.0 Å². The van der Waals surface area contributed by atoms with Crippen LogP contribution in [0.25, 0.3) is 0 Å². The largest absolute Gasteiger partial charge is 0.465 e. The zero-order valence-electron chi connectivity index (χ0n) is 10.8. The maximum Gasteiger partial charge on any atom is 0.324 e. The lowest BCUT2D eigenvalue weighted by Crippen LogP contribution is -2.55. The van der Waals surface area contributed by atoms with E-state index in [1.54, 1.807) is 4.68 Å². The van der Waals surface area contributed by atoms with Crippen molar-refractivity contribution in [2.45, 2.75) is 19.5 Å². The number of nitrogens with one attached hydrogen (secondary N) is 1. The number of aryl methyl sites for hydroxylation is 1. The zero-order chi connectivity index (χ0) is 13.0. The first-order chi connectivity index (χ1) is 8.72. The molecule has 1 unspecified atom stereocenters. The fourth-order valence-corrected chi connectivity index (χ4v) is 2.05. The van der Waals surface area contributed by atoms with Crippen molar-refractivity contribution in [3.8, 4) is 0 Å². The molecule has 2 rings (SSSR count). The van der Waals surface area contributed by atoms with Crippen molar-refractivity contribution in [1.29, 1.82) is 0 Å². The second-order valence-electron chi connectivity index (χ2n) is 4.24. The van der Waals surface area contributed by atoms with Gasteiger partial charge < -0.3 is 10.1 Å². The molecule has 18 heavy (non-hydrogen) atoms. The van der Waals surface area contributed by atoms with E-state index in [1.807, 2.05) is 14.0 Å². The molecule has 1 aliphatic heterocycles. The summed E-state index contributed by atoms with van der Waals surface area (Å²) in [6.45, 7) is 5.14. The molecular weight excluding hydrogens is 234 g/mol. The maximum atomic E-state index is 11.9. The second kappa shape index (κ2) is 5.92. The minimum atomic E-state index is -0.240. The van der Waals surface area contributed by atoms with Gasteiger partial charge in [0.15, 0.2) is 0 Å². The number of aromatic nitrogens is 3. The molecule has 1 fully saturated rings. The third kappa shape index (κ3) is 2.85. The summed E-state index contributed by atoms with van der Waals surface area (Å²) in [7, 11) is 1.85. The third-order valence-electron chi connectivity index (χ3n) is 3.06.